The molecule has 24 heavy (non-hydrogen) atoms. The summed E-state index contributed by atoms with van der Waals surface area (Å²) in [6, 6.07) is 5.35. The van der Waals surface area contributed by atoms with E-state index in [9.17, 15) is 17.6 Å². The van der Waals surface area contributed by atoms with Crippen LogP contribution in [0.2, 0.25) is 0 Å². The molecule has 0 aromatic heterocycles. The third-order valence-electron chi connectivity index (χ3n) is 3.44. The number of halogens is 1. The van der Waals surface area contributed by atoms with E-state index in [0.717, 1.165) is 6.26 Å². The van der Waals surface area contributed by atoms with Crippen molar-refractivity contribution in [3.05, 3.63) is 35.6 Å². The van der Waals surface area contributed by atoms with Crippen LogP contribution in [0, 0.1) is 5.82 Å². The van der Waals surface area contributed by atoms with Crippen LogP contribution >= 0.6 is 0 Å². The van der Waals surface area contributed by atoms with E-state index in [2.05, 4.69) is 0 Å². The second-order valence-electron chi connectivity index (χ2n) is 6.86. The number of carbonyl (C=O) groups excluding carboxylic acids is 1. The number of hydrogen-bond acceptors (Lipinski definition) is 5. The molecular weight excluding hydrogens is 337 g/mol. The topological polar surface area (TPSA) is 72.9 Å². The molecule has 1 fully saturated rings. The van der Waals surface area contributed by atoms with Crippen LogP contribution in [0.5, 0.6) is 0 Å². The summed E-state index contributed by atoms with van der Waals surface area (Å²) >= 11 is 0. The van der Waals surface area contributed by atoms with E-state index < -0.39 is 39.8 Å². The Morgan fingerprint density at radius 2 is 2.00 bits per heavy atom. The average Bonchev–Trinajstić information content (AvgIpc) is 2.78. The zero-order valence-electron chi connectivity index (χ0n) is 14.2. The van der Waals surface area contributed by atoms with E-state index >= 15 is 0 Å². The standard InChI is InChI=1S/C16H22FNO5S/c1-16(2,3)22-15(19)18-10-13(23-24(4,20)21)9-14(18)11-6-5-7-12(17)8-11/h5-8,13-14H,9-10H2,1-4H3/t13-,14-/m1/s1. The molecule has 0 bridgehead atoms. The first-order valence-electron chi connectivity index (χ1n) is 7.58. The highest BCUT2D eigenvalue weighted by molar-refractivity contribution is 7.86. The smallest absolute Gasteiger partial charge is 0.410 e. The van der Waals surface area contributed by atoms with Crippen molar-refractivity contribution in [3.8, 4) is 0 Å². The second kappa shape index (κ2) is 6.68. The maximum absolute atomic E-state index is 13.5. The molecule has 1 aromatic rings. The maximum atomic E-state index is 13.5. The molecule has 0 radical (unpaired) electrons. The van der Waals surface area contributed by atoms with Gasteiger partial charge in [0.15, 0.2) is 0 Å². The lowest BCUT2D eigenvalue weighted by Crippen LogP contribution is -2.37. The van der Waals surface area contributed by atoms with Crippen LogP contribution in [0.25, 0.3) is 0 Å². The Morgan fingerprint density at radius 1 is 1.33 bits per heavy atom. The quantitative estimate of drug-likeness (QED) is 0.776. The van der Waals surface area contributed by atoms with Gasteiger partial charge in [-0.05, 0) is 38.5 Å². The molecule has 1 aliphatic rings. The Labute approximate surface area is 141 Å². The molecule has 1 aliphatic heterocycles. The van der Waals surface area contributed by atoms with Crippen molar-refractivity contribution in [1.29, 1.82) is 0 Å². The minimum absolute atomic E-state index is 0.0587. The van der Waals surface area contributed by atoms with E-state index in [1.54, 1.807) is 32.9 Å². The molecule has 1 amide bonds. The van der Waals surface area contributed by atoms with Crippen LogP contribution in [0.15, 0.2) is 24.3 Å². The second-order valence-corrected chi connectivity index (χ2v) is 8.46. The number of likely N-dealkylation sites (tertiary alicyclic amines) is 1. The van der Waals surface area contributed by atoms with Crippen molar-refractivity contribution in [2.45, 2.75) is 44.9 Å². The van der Waals surface area contributed by atoms with Gasteiger partial charge in [0.05, 0.1) is 24.9 Å². The molecule has 2 atom stereocenters. The first kappa shape index (κ1) is 18.7. The lowest BCUT2D eigenvalue weighted by Gasteiger charge is -2.28. The SMILES string of the molecule is CC(C)(C)OC(=O)N1C[C@H](OS(C)(=O)=O)C[C@@H]1c1cccc(F)c1. The Balaban J connectivity index is 2.27. The van der Waals surface area contributed by atoms with E-state index in [0.29, 0.717) is 5.56 Å². The van der Waals surface area contributed by atoms with E-state index in [-0.39, 0.29) is 13.0 Å². The van der Waals surface area contributed by atoms with Crippen molar-refractivity contribution in [3.63, 3.8) is 0 Å². The molecule has 2 rings (SSSR count). The predicted octanol–water partition coefficient (Wildman–Crippen LogP) is 2.85. The molecule has 1 aromatic carbocycles. The van der Waals surface area contributed by atoms with E-state index in [1.807, 2.05) is 0 Å². The van der Waals surface area contributed by atoms with Gasteiger partial charge in [-0.1, -0.05) is 12.1 Å². The average molecular weight is 359 g/mol. The Morgan fingerprint density at radius 3 is 2.54 bits per heavy atom. The Hall–Kier alpha value is -1.67. The van der Waals surface area contributed by atoms with Gasteiger partial charge in [-0.3, -0.25) is 9.08 Å². The summed E-state index contributed by atoms with van der Waals surface area (Å²) in [5, 5.41) is 0. The molecule has 0 N–H and O–H groups in total. The normalized spacial score (nSPS) is 21.8. The summed E-state index contributed by atoms with van der Waals surface area (Å²) in [4.78, 5) is 13.8. The number of amides is 1. The third-order valence-corrected chi connectivity index (χ3v) is 4.06. The molecule has 8 heteroatoms. The van der Waals surface area contributed by atoms with Crippen LogP contribution in [0.1, 0.15) is 38.8 Å². The molecule has 134 valence electrons. The predicted molar refractivity (Wildman–Crippen MR) is 86.4 cm³/mol. The van der Waals surface area contributed by atoms with Gasteiger partial charge in [0.2, 0.25) is 0 Å². The van der Waals surface area contributed by atoms with Crippen LogP contribution in [0.3, 0.4) is 0 Å². The van der Waals surface area contributed by atoms with Gasteiger partial charge >= 0.3 is 6.09 Å². The number of rotatable bonds is 3. The van der Waals surface area contributed by atoms with Gasteiger partial charge in [-0.2, -0.15) is 8.42 Å². The van der Waals surface area contributed by atoms with Crippen molar-refractivity contribution < 1.29 is 26.5 Å². The molecule has 0 saturated carbocycles. The van der Waals surface area contributed by atoms with Crippen molar-refractivity contribution >= 4 is 16.2 Å². The zero-order chi connectivity index (χ0) is 18.1. The number of hydrogen-bond donors (Lipinski definition) is 0. The van der Waals surface area contributed by atoms with Crippen LogP contribution < -0.4 is 0 Å². The van der Waals surface area contributed by atoms with Gasteiger partial charge in [0, 0.05) is 6.42 Å². The molecule has 1 heterocycles. The zero-order valence-corrected chi connectivity index (χ0v) is 15.0. The van der Waals surface area contributed by atoms with Gasteiger partial charge in [-0.25, -0.2) is 9.18 Å². The van der Waals surface area contributed by atoms with Crippen molar-refractivity contribution in [2.75, 3.05) is 12.8 Å². The van der Waals surface area contributed by atoms with Crippen molar-refractivity contribution in [1.82, 2.24) is 4.90 Å². The van der Waals surface area contributed by atoms with E-state index in [4.69, 9.17) is 8.92 Å². The molecule has 0 aliphatic carbocycles. The van der Waals surface area contributed by atoms with Gasteiger partial charge < -0.3 is 4.74 Å². The molecule has 6 nitrogen and oxygen atoms in total. The van der Waals surface area contributed by atoms with Crippen LogP contribution in [0.4, 0.5) is 9.18 Å². The summed E-state index contributed by atoms with van der Waals surface area (Å²) in [5.74, 6) is -0.427. The number of benzene rings is 1. The fourth-order valence-electron chi connectivity index (χ4n) is 2.67. The van der Waals surface area contributed by atoms with Crippen molar-refractivity contribution in [2.24, 2.45) is 0 Å². The highest BCUT2D eigenvalue weighted by Crippen LogP contribution is 2.35. The summed E-state index contributed by atoms with van der Waals surface area (Å²) in [6.07, 6.45) is -0.0760. The van der Waals surface area contributed by atoms with Gasteiger partial charge in [0.1, 0.15) is 11.4 Å². The van der Waals surface area contributed by atoms with Gasteiger partial charge in [-0.15, -0.1) is 0 Å². The molecular formula is C16H22FNO5S. The first-order chi connectivity index (χ1) is 10.9. The fourth-order valence-corrected chi connectivity index (χ4v) is 3.30. The number of ether oxygens (including phenoxy) is 1. The summed E-state index contributed by atoms with van der Waals surface area (Å²) in [7, 11) is -3.66. The fraction of sp³-hybridized carbons (Fsp3) is 0.562. The largest absolute Gasteiger partial charge is 0.444 e. The summed E-state index contributed by atoms with van der Waals surface area (Å²) < 4.78 is 46.7. The summed E-state index contributed by atoms with van der Waals surface area (Å²) in [5.41, 5.74) is -0.125. The first-order valence-corrected chi connectivity index (χ1v) is 9.39. The Bertz CT molecular complexity index is 713. The minimum Gasteiger partial charge on any atom is -0.444 e. The number of nitrogens with zero attached hydrogens (tertiary/aromatic N) is 1. The maximum Gasteiger partial charge on any atom is 0.410 e. The molecule has 0 spiro atoms. The monoisotopic (exact) mass is 359 g/mol. The molecule has 1 saturated heterocycles. The highest BCUT2D eigenvalue weighted by atomic mass is 32.2. The molecule has 0 unspecified atom stereocenters. The van der Waals surface area contributed by atoms with Crippen LogP contribution in [-0.2, 0) is 19.0 Å². The lowest BCUT2D eigenvalue weighted by atomic mass is 10.0. The third kappa shape index (κ3) is 5.17. The Kier molecular flexibility index (Phi) is 5.19. The van der Waals surface area contributed by atoms with Gasteiger partial charge in [0.25, 0.3) is 10.1 Å². The summed E-state index contributed by atoms with van der Waals surface area (Å²) in [6.45, 7) is 5.27. The lowest BCUT2D eigenvalue weighted by molar-refractivity contribution is 0.0210. The van der Waals surface area contributed by atoms with E-state index in [1.165, 1.54) is 17.0 Å². The van der Waals surface area contributed by atoms with Crippen LogP contribution in [-0.4, -0.2) is 43.9 Å². The number of carbonyl (C=O) groups is 1. The highest BCUT2D eigenvalue weighted by Gasteiger charge is 2.40. The minimum atomic E-state index is -3.66.